The van der Waals surface area contributed by atoms with Crippen molar-refractivity contribution in [3.8, 4) is 0 Å². The Morgan fingerprint density at radius 2 is 1.84 bits per heavy atom. The maximum atomic E-state index is 12.5. The van der Waals surface area contributed by atoms with E-state index in [0.29, 0.717) is 24.9 Å². The van der Waals surface area contributed by atoms with E-state index in [1.165, 1.54) is 5.56 Å². The van der Waals surface area contributed by atoms with Crippen molar-refractivity contribution in [3.05, 3.63) is 48.2 Å². The van der Waals surface area contributed by atoms with E-state index in [9.17, 15) is 9.59 Å². The number of hydrogen-bond acceptors (Lipinski definition) is 5. The molecule has 2 amide bonds. The molecule has 1 unspecified atom stereocenters. The van der Waals surface area contributed by atoms with E-state index >= 15 is 0 Å². The van der Waals surface area contributed by atoms with Crippen LogP contribution in [0, 0.1) is 11.8 Å². The number of hydrogen-bond donors (Lipinski definition) is 1. The molecule has 170 valence electrons. The molecule has 0 bridgehead atoms. The summed E-state index contributed by atoms with van der Waals surface area (Å²) in [4.78, 5) is 29.2. The highest BCUT2D eigenvalue weighted by Gasteiger charge is 2.33. The second-order valence-corrected chi connectivity index (χ2v) is 9.08. The quantitative estimate of drug-likeness (QED) is 0.718. The van der Waals surface area contributed by atoms with Gasteiger partial charge in [-0.25, -0.2) is 0 Å². The van der Waals surface area contributed by atoms with Gasteiger partial charge in [0.2, 0.25) is 11.8 Å². The van der Waals surface area contributed by atoms with Gasteiger partial charge in [0, 0.05) is 44.0 Å². The van der Waals surface area contributed by atoms with Crippen molar-refractivity contribution in [2.45, 2.75) is 45.4 Å². The lowest BCUT2D eigenvalue weighted by atomic mass is 9.88. The molecule has 2 saturated heterocycles. The first-order valence-electron chi connectivity index (χ1n) is 11.8. The maximum Gasteiger partial charge on any atom is 0.231 e. The number of likely N-dealkylation sites (tertiary alicyclic amines) is 1. The van der Waals surface area contributed by atoms with Crippen LogP contribution in [-0.2, 0) is 9.59 Å². The fourth-order valence-electron chi connectivity index (χ4n) is 4.68. The number of piperidine rings is 1. The number of anilines is 2. The van der Waals surface area contributed by atoms with Crippen molar-refractivity contribution in [3.63, 3.8) is 0 Å². The zero-order chi connectivity index (χ0) is 22.5. The fraction of sp³-hybridized carbons (Fsp3) is 0.520. The highest BCUT2D eigenvalue weighted by molar-refractivity contribution is 5.94. The van der Waals surface area contributed by atoms with E-state index in [0.717, 1.165) is 50.3 Å². The molecule has 4 rings (SSSR count). The zero-order valence-electron chi connectivity index (χ0n) is 19.0. The Morgan fingerprint density at radius 1 is 1.12 bits per heavy atom. The molecule has 3 heterocycles. The average Bonchev–Trinajstić information content (AvgIpc) is 2.79. The van der Waals surface area contributed by atoms with E-state index in [-0.39, 0.29) is 17.7 Å². The molecule has 7 nitrogen and oxygen atoms in total. The summed E-state index contributed by atoms with van der Waals surface area (Å²) < 4.78 is 0. The Labute approximate surface area is 190 Å². The number of carbonyl (C=O) groups excluding carboxylic acids is 2. The minimum Gasteiger partial charge on any atom is -0.353 e. The number of aromatic nitrogens is 2. The highest BCUT2D eigenvalue weighted by atomic mass is 16.2. The Morgan fingerprint density at radius 3 is 2.47 bits per heavy atom. The SMILES string of the molecule is CCCC(C)C(=O)N1CCC(c2ccc(NC(=O)C3CN(c4cccnn4)C3)cc2)CC1. The Hall–Kier alpha value is -2.96. The average molecular weight is 436 g/mol. The van der Waals surface area contributed by atoms with Gasteiger partial charge in [-0.15, -0.1) is 5.10 Å². The monoisotopic (exact) mass is 435 g/mol. The third-order valence-electron chi connectivity index (χ3n) is 6.73. The summed E-state index contributed by atoms with van der Waals surface area (Å²) in [6.07, 6.45) is 5.65. The first kappa shape index (κ1) is 22.2. The summed E-state index contributed by atoms with van der Waals surface area (Å²) in [5, 5.41) is 11.0. The van der Waals surface area contributed by atoms with Crippen molar-refractivity contribution in [2.24, 2.45) is 11.8 Å². The van der Waals surface area contributed by atoms with Crippen LogP contribution < -0.4 is 10.2 Å². The van der Waals surface area contributed by atoms with Crippen molar-refractivity contribution in [1.82, 2.24) is 15.1 Å². The first-order valence-corrected chi connectivity index (χ1v) is 11.8. The van der Waals surface area contributed by atoms with Crippen LogP contribution in [0.25, 0.3) is 0 Å². The third-order valence-corrected chi connectivity index (χ3v) is 6.73. The molecule has 2 aliphatic rings. The molecular formula is C25H33N5O2. The van der Waals surface area contributed by atoms with Gasteiger partial charge in [0.05, 0.1) is 5.92 Å². The molecule has 2 aromatic rings. The Kier molecular flexibility index (Phi) is 7.02. The van der Waals surface area contributed by atoms with Crippen LogP contribution in [0.4, 0.5) is 11.5 Å². The number of amides is 2. The van der Waals surface area contributed by atoms with Crippen LogP contribution in [0.3, 0.4) is 0 Å². The lowest BCUT2D eigenvalue weighted by molar-refractivity contribution is -0.136. The number of carbonyl (C=O) groups is 2. The van der Waals surface area contributed by atoms with Crippen molar-refractivity contribution >= 4 is 23.3 Å². The van der Waals surface area contributed by atoms with Gasteiger partial charge >= 0.3 is 0 Å². The minimum atomic E-state index is -0.0337. The lowest BCUT2D eigenvalue weighted by Gasteiger charge is -2.38. The van der Waals surface area contributed by atoms with E-state index in [1.54, 1.807) is 6.20 Å². The van der Waals surface area contributed by atoms with E-state index in [4.69, 9.17) is 0 Å². The topological polar surface area (TPSA) is 78.4 Å². The predicted molar refractivity (Wildman–Crippen MR) is 125 cm³/mol. The molecule has 0 saturated carbocycles. The van der Waals surface area contributed by atoms with Crippen molar-refractivity contribution in [2.75, 3.05) is 36.4 Å². The van der Waals surface area contributed by atoms with Gasteiger partial charge in [0.15, 0.2) is 5.82 Å². The number of benzene rings is 1. The van der Waals surface area contributed by atoms with E-state index in [2.05, 4.69) is 39.5 Å². The van der Waals surface area contributed by atoms with Crippen LogP contribution in [0.2, 0.25) is 0 Å². The minimum absolute atomic E-state index is 0.0337. The molecule has 1 N–H and O–H groups in total. The molecule has 2 fully saturated rings. The second kappa shape index (κ2) is 10.1. The molecular weight excluding hydrogens is 402 g/mol. The molecule has 1 aromatic heterocycles. The van der Waals surface area contributed by atoms with Gasteiger partial charge < -0.3 is 15.1 Å². The van der Waals surface area contributed by atoms with Crippen LogP contribution >= 0.6 is 0 Å². The first-order chi connectivity index (χ1) is 15.5. The molecule has 1 atom stereocenters. The van der Waals surface area contributed by atoms with E-state index in [1.807, 2.05) is 36.1 Å². The summed E-state index contributed by atoms with van der Waals surface area (Å²) in [7, 11) is 0. The molecule has 0 spiro atoms. The highest BCUT2D eigenvalue weighted by Crippen LogP contribution is 2.30. The maximum absolute atomic E-state index is 12.5. The number of nitrogens with zero attached hydrogens (tertiary/aromatic N) is 4. The van der Waals surface area contributed by atoms with Crippen LogP contribution in [0.5, 0.6) is 0 Å². The second-order valence-electron chi connectivity index (χ2n) is 9.08. The molecule has 7 heteroatoms. The number of rotatable bonds is 7. The largest absolute Gasteiger partial charge is 0.353 e. The number of nitrogens with one attached hydrogen (secondary N) is 1. The van der Waals surface area contributed by atoms with Crippen molar-refractivity contribution in [1.29, 1.82) is 0 Å². The van der Waals surface area contributed by atoms with Crippen LogP contribution in [-0.4, -0.2) is 53.1 Å². The summed E-state index contributed by atoms with van der Waals surface area (Å²) >= 11 is 0. The van der Waals surface area contributed by atoms with Crippen LogP contribution in [0.15, 0.2) is 42.6 Å². The van der Waals surface area contributed by atoms with Gasteiger partial charge in [0.25, 0.3) is 0 Å². The fourth-order valence-corrected chi connectivity index (χ4v) is 4.68. The Bertz CT molecular complexity index is 904. The van der Waals surface area contributed by atoms with Gasteiger partial charge in [-0.1, -0.05) is 32.4 Å². The van der Waals surface area contributed by atoms with Gasteiger partial charge in [-0.2, -0.15) is 5.10 Å². The summed E-state index contributed by atoms with van der Waals surface area (Å²) in [5.41, 5.74) is 2.12. The molecule has 0 aliphatic carbocycles. The molecule has 32 heavy (non-hydrogen) atoms. The normalized spacial score (nSPS) is 18.2. The van der Waals surface area contributed by atoms with Gasteiger partial charge in [-0.3, -0.25) is 9.59 Å². The lowest BCUT2D eigenvalue weighted by Crippen LogP contribution is -2.52. The zero-order valence-corrected chi connectivity index (χ0v) is 19.0. The third kappa shape index (κ3) is 5.09. The van der Waals surface area contributed by atoms with Gasteiger partial charge in [-0.05, 0) is 55.0 Å². The summed E-state index contributed by atoms with van der Waals surface area (Å²) in [5.74, 6) is 1.73. The molecule has 2 aliphatic heterocycles. The summed E-state index contributed by atoms with van der Waals surface area (Å²) in [6.45, 7) is 7.16. The predicted octanol–water partition coefficient (Wildman–Crippen LogP) is 3.69. The standard InChI is InChI=1S/C25H33N5O2/c1-3-5-18(2)25(32)29-14-11-20(12-15-29)19-7-9-22(10-8-19)27-24(31)21-16-30(17-21)23-6-4-13-26-28-23/h4,6-10,13,18,20-21H,3,5,11-12,14-17H2,1-2H3,(H,27,31). The van der Waals surface area contributed by atoms with E-state index < -0.39 is 0 Å². The molecule has 0 radical (unpaired) electrons. The summed E-state index contributed by atoms with van der Waals surface area (Å²) in [6, 6.07) is 12.0. The Balaban J connectivity index is 1.23. The smallest absolute Gasteiger partial charge is 0.231 e. The van der Waals surface area contributed by atoms with Gasteiger partial charge in [0.1, 0.15) is 0 Å². The van der Waals surface area contributed by atoms with Crippen molar-refractivity contribution < 1.29 is 9.59 Å². The van der Waals surface area contributed by atoms with Crippen LogP contribution in [0.1, 0.15) is 51.0 Å². The molecule has 1 aromatic carbocycles.